The summed E-state index contributed by atoms with van der Waals surface area (Å²) in [6, 6.07) is -0.894. The van der Waals surface area contributed by atoms with Gasteiger partial charge in [-0.1, -0.05) is 13.8 Å². The van der Waals surface area contributed by atoms with E-state index in [0.717, 1.165) is 19.3 Å². The van der Waals surface area contributed by atoms with E-state index in [9.17, 15) is 9.59 Å². The normalized spacial score (nSPS) is 16.5. The van der Waals surface area contributed by atoms with Crippen LogP contribution in [0.25, 0.3) is 0 Å². The summed E-state index contributed by atoms with van der Waals surface area (Å²) in [4.78, 5) is 25.4. The molecule has 1 amide bonds. The highest BCUT2D eigenvalue weighted by Crippen LogP contribution is 2.28. The van der Waals surface area contributed by atoms with E-state index in [-0.39, 0.29) is 18.6 Å². The number of hydrogen-bond acceptors (Lipinski definition) is 4. The number of carbonyl (C=O) groups is 2. The van der Waals surface area contributed by atoms with Crippen LogP contribution in [0.1, 0.15) is 40.0 Å². The van der Waals surface area contributed by atoms with Gasteiger partial charge in [-0.15, -0.1) is 0 Å². The summed E-state index contributed by atoms with van der Waals surface area (Å²) in [6.07, 6.45) is 2.95. The van der Waals surface area contributed by atoms with Crippen LogP contribution in [0, 0.1) is 5.92 Å². The highest BCUT2D eigenvalue weighted by atomic mass is 16.5. The smallest absolute Gasteiger partial charge is 0.332 e. The third-order valence-corrected chi connectivity index (χ3v) is 3.02. The number of carbonyl (C=O) groups excluding carboxylic acids is 2. The second-order valence-corrected chi connectivity index (χ2v) is 5.18. The molecule has 0 spiro atoms. The molecule has 1 aliphatic carbocycles. The van der Waals surface area contributed by atoms with E-state index >= 15 is 0 Å². The first-order valence-electron chi connectivity index (χ1n) is 6.70. The van der Waals surface area contributed by atoms with Gasteiger partial charge >= 0.3 is 5.97 Å². The average molecular weight is 256 g/mol. The zero-order valence-electron chi connectivity index (χ0n) is 11.5. The lowest BCUT2D eigenvalue weighted by molar-refractivity contribution is -0.151. The second kappa shape index (κ2) is 6.73. The van der Waals surface area contributed by atoms with Gasteiger partial charge in [0.1, 0.15) is 0 Å². The van der Waals surface area contributed by atoms with E-state index in [1.807, 2.05) is 0 Å². The quantitative estimate of drug-likeness (QED) is 0.543. The van der Waals surface area contributed by atoms with E-state index in [0.29, 0.717) is 12.5 Å². The molecule has 104 valence electrons. The van der Waals surface area contributed by atoms with Crippen LogP contribution in [-0.4, -0.2) is 42.0 Å². The standard InChI is InChI=1S/C13H24N2O3/c1-4-18-13(17)11(14)12(16)15(10-5-6-10)8-7-9(2)3/h9-11H,4-8,14H2,1-3H3. The first-order chi connectivity index (χ1) is 8.47. The lowest BCUT2D eigenvalue weighted by Gasteiger charge is -2.25. The molecule has 5 heteroatoms. The van der Waals surface area contributed by atoms with Crippen molar-refractivity contribution in [2.75, 3.05) is 13.2 Å². The van der Waals surface area contributed by atoms with Crippen molar-refractivity contribution in [3.05, 3.63) is 0 Å². The fourth-order valence-corrected chi connectivity index (χ4v) is 1.77. The van der Waals surface area contributed by atoms with Crippen LogP contribution in [0.3, 0.4) is 0 Å². The Morgan fingerprint density at radius 2 is 2.00 bits per heavy atom. The van der Waals surface area contributed by atoms with Gasteiger partial charge in [-0.2, -0.15) is 0 Å². The maximum Gasteiger partial charge on any atom is 0.332 e. The third-order valence-electron chi connectivity index (χ3n) is 3.02. The maximum absolute atomic E-state index is 12.2. The van der Waals surface area contributed by atoms with Crippen LogP contribution in [-0.2, 0) is 14.3 Å². The van der Waals surface area contributed by atoms with Gasteiger partial charge < -0.3 is 15.4 Å². The summed E-state index contributed by atoms with van der Waals surface area (Å²) in [5.74, 6) is -0.396. The summed E-state index contributed by atoms with van der Waals surface area (Å²) in [7, 11) is 0. The topological polar surface area (TPSA) is 72.6 Å². The molecule has 1 atom stereocenters. The van der Waals surface area contributed by atoms with Gasteiger partial charge in [-0.05, 0) is 32.1 Å². The van der Waals surface area contributed by atoms with Crippen LogP contribution < -0.4 is 5.73 Å². The zero-order chi connectivity index (χ0) is 13.7. The van der Waals surface area contributed by atoms with Crippen molar-refractivity contribution in [1.29, 1.82) is 0 Å². The van der Waals surface area contributed by atoms with Gasteiger partial charge in [0.2, 0.25) is 0 Å². The molecule has 18 heavy (non-hydrogen) atoms. The fourth-order valence-electron chi connectivity index (χ4n) is 1.77. The van der Waals surface area contributed by atoms with E-state index in [1.165, 1.54) is 0 Å². The Labute approximate surface area is 109 Å². The van der Waals surface area contributed by atoms with Crippen molar-refractivity contribution < 1.29 is 14.3 Å². The van der Waals surface area contributed by atoms with Crippen molar-refractivity contribution in [1.82, 2.24) is 4.90 Å². The van der Waals surface area contributed by atoms with Crippen molar-refractivity contribution in [3.63, 3.8) is 0 Å². The molecule has 1 unspecified atom stereocenters. The van der Waals surface area contributed by atoms with Gasteiger partial charge in [0, 0.05) is 12.6 Å². The number of hydrogen-bond donors (Lipinski definition) is 1. The lowest BCUT2D eigenvalue weighted by atomic mass is 10.1. The predicted molar refractivity (Wildman–Crippen MR) is 68.8 cm³/mol. The molecule has 0 aromatic carbocycles. The van der Waals surface area contributed by atoms with Crippen LogP contribution in [0.4, 0.5) is 0 Å². The van der Waals surface area contributed by atoms with Crippen LogP contribution in [0.15, 0.2) is 0 Å². The van der Waals surface area contributed by atoms with E-state index < -0.39 is 12.0 Å². The summed E-state index contributed by atoms with van der Waals surface area (Å²) in [5, 5.41) is 0. The SMILES string of the molecule is CCOC(=O)C(N)C(=O)N(CCC(C)C)C1CC1. The summed E-state index contributed by atoms with van der Waals surface area (Å²) < 4.78 is 4.79. The van der Waals surface area contributed by atoms with Gasteiger partial charge in [-0.25, -0.2) is 4.79 Å². The first-order valence-corrected chi connectivity index (χ1v) is 6.70. The molecule has 1 fully saturated rings. The van der Waals surface area contributed by atoms with Crippen molar-refractivity contribution in [3.8, 4) is 0 Å². The molecule has 1 saturated carbocycles. The van der Waals surface area contributed by atoms with Gasteiger partial charge in [0.05, 0.1) is 6.61 Å². The first kappa shape index (κ1) is 15.0. The number of amides is 1. The largest absolute Gasteiger partial charge is 0.464 e. The van der Waals surface area contributed by atoms with Crippen molar-refractivity contribution in [2.24, 2.45) is 11.7 Å². The molecule has 0 aromatic rings. The summed E-state index contributed by atoms with van der Waals surface area (Å²) >= 11 is 0. The number of ether oxygens (including phenoxy) is 1. The van der Waals surface area contributed by atoms with Crippen molar-refractivity contribution in [2.45, 2.75) is 52.1 Å². The molecule has 0 radical (unpaired) electrons. The molecule has 0 saturated heterocycles. The minimum absolute atomic E-state index is 0.245. The molecular weight excluding hydrogens is 232 g/mol. The molecule has 0 aliphatic heterocycles. The molecule has 2 N–H and O–H groups in total. The molecule has 5 nitrogen and oxygen atoms in total. The molecule has 1 rings (SSSR count). The molecule has 0 heterocycles. The zero-order valence-corrected chi connectivity index (χ0v) is 11.5. The summed E-state index contributed by atoms with van der Waals surface area (Å²) in [6.45, 7) is 6.84. The third kappa shape index (κ3) is 4.29. The Morgan fingerprint density at radius 1 is 1.39 bits per heavy atom. The highest BCUT2D eigenvalue weighted by molar-refractivity contribution is 6.01. The number of nitrogens with zero attached hydrogens (tertiary/aromatic N) is 1. The number of nitrogens with two attached hydrogens (primary N) is 1. The Morgan fingerprint density at radius 3 is 2.44 bits per heavy atom. The lowest BCUT2D eigenvalue weighted by Crippen LogP contribution is -2.50. The van der Waals surface area contributed by atoms with Gasteiger partial charge in [0.25, 0.3) is 5.91 Å². The number of esters is 1. The predicted octanol–water partition coefficient (Wildman–Crippen LogP) is 0.914. The Hall–Kier alpha value is -1.10. The minimum Gasteiger partial charge on any atom is -0.464 e. The van der Waals surface area contributed by atoms with Crippen LogP contribution >= 0.6 is 0 Å². The second-order valence-electron chi connectivity index (χ2n) is 5.18. The van der Waals surface area contributed by atoms with Crippen LogP contribution in [0.2, 0.25) is 0 Å². The molecule has 0 aromatic heterocycles. The molecule has 1 aliphatic rings. The van der Waals surface area contributed by atoms with Gasteiger partial charge in [-0.3, -0.25) is 4.79 Å². The Kier molecular flexibility index (Phi) is 5.59. The van der Waals surface area contributed by atoms with E-state index in [1.54, 1.807) is 11.8 Å². The molecular formula is C13H24N2O3. The maximum atomic E-state index is 12.2. The monoisotopic (exact) mass is 256 g/mol. The highest BCUT2D eigenvalue weighted by Gasteiger charge is 2.37. The molecule has 0 bridgehead atoms. The van der Waals surface area contributed by atoms with E-state index in [2.05, 4.69) is 13.8 Å². The fraction of sp³-hybridized carbons (Fsp3) is 0.846. The summed E-state index contributed by atoms with van der Waals surface area (Å²) in [5.41, 5.74) is 5.65. The number of rotatable bonds is 7. The van der Waals surface area contributed by atoms with Crippen molar-refractivity contribution >= 4 is 11.9 Å². The van der Waals surface area contributed by atoms with Crippen LogP contribution in [0.5, 0.6) is 0 Å². The Bertz CT molecular complexity index is 301. The Balaban J connectivity index is 2.56. The van der Waals surface area contributed by atoms with Gasteiger partial charge in [0.15, 0.2) is 6.04 Å². The average Bonchev–Trinajstić information content (AvgIpc) is 3.12. The minimum atomic E-state index is -1.17. The van der Waals surface area contributed by atoms with E-state index in [4.69, 9.17) is 10.5 Å².